The maximum absolute atomic E-state index is 6.27. The highest BCUT2D eigenvalue weighted by molar-refractivity contribution is 5.86. The summed E-state index contributed by atoms with van der Waals surface area (Å²) >= 11 is 0. The average Bonchev–Trinajstić information content (AvgIpc) is 2.98. The molecule has 0 aliphatic rings. The predicted molar refractivity (Wildman–Crippen MR) is 72.4 cm³/mol. The lowest BCUT2D eigenvalue weighted by Gasteiger charge is -2.09. The fourth-order valence-electron chi connectivity index (χ4n) is 2.39. The first kappa shape index (κ1) is 11.1. The van der Waals surface area contributed by atoms with Gasteiger partial charge in [0.15, 0.2) is 0 Å². The van der Waals surface area contributed by atoms with Crippen LogP contribution in [0.5, 0.6) is 0 Å². The number of fused-ring (bicyclic) bond motifs is 1. The number of furan rings is 1. The van der Waals surface area contributed by atoms with Gasteiger partial charge in [-0.15, -0.1) is 0 Å². The number of aromatic amines is 1. The first-order chi connectivity index (χ1) is 8.75. The molecule has 1 aromatic carbocycles. The molecule has 0 aliphatic carbocycles. The van der Waals surface area contributed by atoms with Crippen molar-refractivity contribution >= 4 is 10.9 Å². The molecule has 0 radical (unpaired) electrons. The first-order valence-electron chi connectivity index (χ1n) is 6.10. The monoisotopic (exact) mass is 240 g/mol. The SMILES string of the molecule is Cc1cccc2c(C(N)Cc3ccco3)c[nH]c12. The topological polar surface area (TPSA) is 54.9 Å². The van der Waals surface area contributed by atoms with E-state index < -0.39 is 0 Å². The van der Waals surface area contributed by atoms with E-state index in [2.05, 4.69) is 30.1 Å². The summed E-state index contributed by atoms with van der Waals surface area (Å²) in [4.78, 5) is 3.31. The fourth-order valence-corrected chi connectivity index (χ4v) is 2.39. The number of para-hydroxylation sites is 1. The number of aromatic nitrogens is 1. The highest BCUT2D eigenvalue weighted by Gasteiger charge is 2.14. The van der Waals surface area contributed by atoms with Gasteiger partial charge < -0.3 is 15.1 Å². The van der Waals surface area contributed by atoms with Gasteiger partial charge in [0.1, 0.15) is 5.76 Å². The van der Waals surface area contributed by atoms with E-state index in [0.29, 0.717) is 6.42 Å². The lowest BCUT2D eigenvalue weighted by Crippen LogP contribution is -2.12. The van der Waals surface area contributed by atoms with Gasteiger partial charge in [0.05, 0.1) is 6.26 Å². The van der Waals surface area contributed by atoms with Crippen LogP contribution in [-0.2, 0) is 6.42 Å². The lowest BCUT2D eigenvalue weighted by atomic mass is 10.0. The van der Waals surface area contributed by atoms with Gasteiger partial charge >= 0.3 is 0 Å². The normalized spacial score (nSPS) is 13.0. The molecule has 2 heterocycles. The summed E-state index contributed by atoms with van der Waals surface area (Å²) in [6.45, 7) is 2.10. The van der Waals surface area contributed by atoms with Crippen LogP contribution in [-0.4, -0.2) is 4.98 Å². The zero-order valence-electron chi connectivity index (χ0n) is 10.3. The maximum Gasteiger partial charge on any atom is 0.105 e. The molecule has 3 aromatic rings. The van der Waals surface area contributed by atoms with Crippen molar-refractivity contribution in [3.05, 3.63) is 59.7 Å². The Hall–Kier alpha value is -2.00. The Morgan fingerprint density at radius 2 is 2.17 bits per heavy atom. The molecule has 3 N–H and O–H groups in total. The van der Waals surface area contributed by atoms with E-state index in [-0.39, 0.29) is 6.04 Å². The van der Waals surface area contributed by atoms with E-state index in [1.165, 1.54) is 16.5 Å². The predicted octanol–water partition coefficient (Wildman–Crippen LogP) is 3.31. The molecule has 0 amide bonds. The van der Waals surface area contributed by atoms with Gasteiger partial charge in [-0.3, -0.25) is 0 Å². The number of hydrogen-bond donors (Lipinski definition) is 2. The van der Waals surface area contributed by atoms with Crippen LogP contribution in [0.1, 0.15) is 22.9 Å². The summed E-state index contributed by atoms with van der Waals surface area (Å²) in [6.07, 6.45) is 4.40. The molecule has 92 valence electrons. The van der Waals surface area contributed by atoms with Gasteiger partial charge in [-0.1, -0.05) is 18.2 Å². The molecule has 0 aliphatic heterocycles. The van der Waals surface area contributed by atoms with Crippen molar-refractivity contribution in [2.45, 2.75) is 19.4 Å². The van der Waals surface area contributed by atoms with E-state index in [1.807, 2.05) is 18.3 Å². The average molecular weight is 240 g/mol. The van der Waals surface area contributed by atoms with Crippen LogP contribution in [0.25, 0.3) is 10.9 Å². The Kier molecular flexibility index (Phi) is 2.68. The second-order valence-electron chi connectivity index (χ2n) is 4.63. The van der Waals surface area contributed by atoms with Crippen LogP contribution < -0.4 is 5.73 Å². The van der Waals surface area contributed by atoms with E-state index in [0.717, 1.165) is 11.3 Å². The maximum atomic E-state index is 6.27. The largest absolute Gasteiger partial charge is 0.469 e. The minimum Gasteiger partial charge on any atom is -0.469 e. The van der Waals surface area contributed by atoms with Crippen molar-refractivity contribution in [3.63, 3.8) is 0 Å². The fraction of sp³-hybridized carbons (Fsp3) is 0.200. The third-order valence-corrected chi connectivity index (χ3v) is 3.36. The molecular formula is C15H16N2O. The summed E-state index contributed by atoms with van der Waals surface area (Å²) in [7, 11) is 0. The molecule has 0 saturated heterocycles. The number of rotatable bonds is 3. The molecule has 1 unspecified atom stereocenters. The lowest BCUT2D eigenvalue weighted by molar-refractivity contribution is 0.489. The molecule has 0 fully saturated rings. The summed E-state index contributed by atoms with van der Waals surface area (Å²) in [5.41, 5.74) is 9.82. The molecular weight excluding hydrogens is 224 g/mol. The minimum absolute atomic E-state index is 0.0494. The summed E-state index contributed by atoms with van der Waals surface area (Å²) < 4.78 is 5.35. The molecule has 3 heteroatoms. The Bertz CT molecular complexity index is 652. The van der Waals surface area contributed by atoms with Gasteiger partial charge in [-0.2, -0.15) is 0 Å². The van der Waals surface area contributed by atoms with Crippen LogP contribution in [0, 0.1) is 6.92 Å². The number of nitrogens with one attached hydrogen (secondary N) is 1. The number of nitrogens with two attached hydrogens (primary N) is 1. The Morgan fingerprint density at radius 1 is 1.28 bits per heavy atom. The highest BCUT2D eigenvalue weighted by atomic mass is 16.3. The third-order valence-electron chi connectivity index (χ3n) is 3.36. The number of aryl methyl sites for hydroxylation is 1. The molecule has 1 atom stereocenters. The molecule has 0 spiro atoms. The van der Waals surface area contributed by atoms with Crippen molar-refractivity contribution in [2.24, 2.45) is 5.73 Å². The van der Waals surface area contributed by atoms with Gasteiger partial charge in [-0.25, -0.2) is 0 Å². The zero-order chi connectivity index (χ0) is 12.5. The Labute approximate surface area is 106 Å². The van der Waals surface area contributed by atoms with Crippen molar-refractivity contribution in [2.75, 3.05) is 0 Å². The second-order valence-corrected chi connectivity index (χ2v) is 4.63. The van der Waals surface area contributed by atoms with Crippen LogP contribution in [0.15, 0.2) is 47.2 Å². The molecule has 3 rings (SSSR count). The number of benzene rings is 1. The molecule has 0 bridgehead atoms. The van der Waals surface area contributed by atoms with E-state index in [1.54, 1.807) is 6.26 Å². The highest BCUT2D eigenvalue weighted by Crippen LogP contribution is 2.26. The first-order valence-corrected chi connectivity index (χ1v) is 6.10. The molecule has 0 saturated carbocycles. The molecule has 18 heavy (non-hydrogen) atoms. The standard InChI is InChI=1S/C15H16N2O/c1-10-4-2-6-12-13(9-17-15(10)12)14(16)8-11-5-3-7-18-11/h2-7,9,14,17H,8,16H2,1H3. The number of H-pyrrole nitrogens is 1. The summed E-state index contributed by atoms with van der Waals surface area (Å²) in [5.74, 6) is 0.921. The van der Waals surface area contributed by atoms with Crippen molar-refractivity contribution in [3.8, 4) is 0 Å². The smallest absolute Gasteiger partial charge is 0.105 e. The quantitative estimate of drug-likeness (QED) is 0.738. The van der Waals surface area contributed by atoms with Crippen LogP contribution in [0.4, 0.5) is 0 Å². The Morgan fingerprint density at radius 3 is 2.94 bits per heavy atom. The molecule has 2 aromatic heterocycles. The van der Waals surface area contributed by atoms with E-state index >= 15 is 0 Å². The summed E-state index contributed by atoms with van der Waals surface area (Å²) in [6, 6.07) is 10.1. The zero-order valence-corrected chi connectivity index (χ0v) is 10.3. The summed E-state index contributed by atoms with van der Waals surface area (Å²) in [5, 5.41) is 1.20. The van der Waals surface area contributed by atoms with Crippen molar-refractivity contribution in [1.82, 2.24) is 4.98 Å². The Balaban J connectivity index is 1.97. The van der Waals surface area contributed by atoms with Crippen LogP contribution in [0.2, 0.25) is 0 Å². The van der Waals surface area contributed by atoms with Gasteiger partial charge in [0, 0.05) is 29.6 Å². The van der Waals surface area contributed by atoms with Gasteiger partial charge in [-0.05, 0) is 30.2 Å². The van der Waals surface area contributed by atoms with Gasteiger partial charge in [0.2, 0.25) is 0 Å². The van der Waals surface area contributed by atoms with Crippen molar-refractivity contribution in [1.29, 1.82) is 0 Å². The van der Waals surface area contributed by atoms with Crippen LogP contribution in [0.3, 0.4) is 0 Å². The second kappa shape index (κ2) is 4.35. The van der Waals surface area contributed by atoms with E-state index in [4.69, 9.17) is 10.2 Å². The molecule has 3 nitrogen and oxygen atoms in total. The number of hydrogen-bond acceptors (Lipinski definition) is 2. The minimum atomic E-state index is -0.0494. The van der Waals surface area contributed by atoms with Crippen LogP contribution >= 0.6 is 0 Å². The van der Waals surface area contributed by atoms with E-state index in [9.17, 15) is 0 Å². The van der Waals surface area contributed by atoms with Gasteiger partial charge in [0.25, 0.3) is 0 Å². The van der Waals surface area contributed by atoms with Crippen molar-refractivity contribution < 1.29 is 4.42 Å². The third kappa shape index (κ3) is 1.83.